The molecule has 1 aromatic carbocycles. The first-order valence-electron chi connectivity index (χ1n) is 9.43. The highest BCUT2D eigenvalue weighted by molar-refractivity contribution is 5.97. The number of anilines is 1. The van der Waals surface area contributed by atoms with Gasteiger partial charge >= 0.3 is 5.69 Å². The molecule has 27 heavy (non-hydrogen) atoms. The maximum atomic E-state index is 12.9. The van der Waals surface area contributed by atoms with E-state index in [1.807, 2.05) is 6.07 Å². The first-order valence-corrected chi connectivity index (χ1v) is 9.43. The minimum atomic E-state index is -0.219. The van der Waals surface area contributed by atoms with E-state index in [0.29, 0.717) is 35.7 Å². The van der Waals surface area contributed by atoms with Gasteiger partial charge < -0.3 is 5.32 Å². The fourth-order valence-corrected chi connectivity index (χ4v) is 3.96. The third-order valence-corrected chi connectivity index (χ3v) is 5.57. The third-order valence-electron chi connectivity index (χ3n) is 5.57. The summed E-state index contributed by atoms with van der Waals surface area (Å²) in [5.41, 5.74) is 2.88. The second kappa shape index (κ2) is 6.12. The van der Waals surface area contributed by atoms with Gasteiger partial charge in [0.2, 0.25) is 0 Å². The van der Waals surface area contributed by atoms with Gasteiger partial charge in [0.05, 0.1) is 22.6 Å². The number of Topliss-reactive ketones (excluding diaryl/α,β-unsaturated/α-hetero) is 1. The first kappa shape index (κ1) is 17.6. The molecule has 0 atom stereocenters. The number of hydrogen-bond donors (Lipinski definition) is 1. The molecule has 0 saturated heterocycles. The monoisotopic (exact) mass is 364 g/mol. The number of nitrogens with one attached hydrogen (secondary N) is 1. The van der Waals surface area contributed by atoms with E-state index in [1.54, 1.807) is 23.7 Å². The van der Waals surface area contributed by atoms with Gasteiger partial charge in [-0.25, -0.2) is 4.79 Å². The largest absolute Gasteiger partial charge is 0.384 e. The number of nitrogens with zero attached hydrogens (tertiary/aromatic N) is 3. The van der Waals surface area contributed by atoms with Crippen molar-refractivity contribution in [3.05, 3.63) is 45.6 Å². The third kappa shape index (κ3) is 3.08. The molecule has 140 valence electrons. The quantitative estimate of drug-likeness (QED) is 0.904. The van der Waals surface area contributed by atoms with Crippen molar-refractivity contribution in [3.63, 3.8) is 0 Å². The van der Waals surface area contributed by atoms with Gasteiger partial charge in [-0.1, -0.05) is 13.8 Å². The highest BCUT2D eigenvalue weighted by Gasteiger charge is 2.36. The standard InChI is InChI=1S/C21H24N4O2/c1-21(2)9-17-19(18(26)10-21)24(3)20(27)25(17)15-7-6-14(11-22)16(8-15)23-12-13-4-5-13/h6-8,13,23H,4-5,9-10,12H2,1-3H3. The smallest absolute Gasteiger partial charge is 0.333 e. The fraction of sp³-hybridized carbons (Fsp3) is 0.476. The van der Waals surface area contributed by atoms with E-state index in [4.69, 9.17) is 0 Å². The van der Waals surface area contributed by atoms with Gasteiger partial charge in [0.1, 0.15) is 11.8 Å². The molecule has 0 aliphatic heterocycles. The van der Waals surface area contributed by atoms with Crippen molar-refractivity contribution >= 4 is 11.5 Å². The van der Waals surface area contributed by atoms with Crippen molar-refractivity contribution in [1.29, 1.82) is 5.26 Å². The number of carbonyl (C=O) groups is 1. The summed E-state index contributed by atoms with van der Waals surface area (Å²) < 4.78 is 3.10. The number of hydrogen-bond acceptors (Lipinski definition) is 4. The number of fused-ring (bicyclic) bond motifs is 1. The maximum Gasteiger partial charge on any atom is 0.333 e. The van der Waals surface area contributed by atoms with E-state index >= 15 is 0 Å². The van der Waals surface area contributed by atoms with Gasteiger partial charge in [0.25, 0.3) is 0 Å². The molecular weight excluding hydrogens is 340 g/mol. The molecule has 0 bridgehead atoms. The van der Waals surface area contributed by atoms with Crippen LogP contribution in [0, 0.1) is 22.7 Å². The number of aromatic nitrogens is 2. The summed E-state index contributed by atoms with van der Waals surface area (Å²) >= 11 is 0. The minimum absolute atomic E-state index is 0.0142. The molecule has 0 unspecified atom stereocenters. The van der Waals surface area contributed by atoms with Crippen molar-refractivity contribution in [1.82, 2.24) is 9.13 Å². The summed E-state index contributed by atoms with van der Waals surface area (Å²) in [4.78, 5) is 25.6. The zero-order chi connectivity index (χ0) is 19.3. The summed E-state index contributed by atoms with van der Waals surface area (Å²) in [5, 5.41) is 12.8. The van der Waals surface area contributed by atoms with E-state index in [9.17, 15) is 14.9 Å². The lowest BCUT2D eigenvalue weighted by molar-refractivity contribution is 0.0901. The van der Waals surface area contributed by atoms with Gasteiger partial charge in [0.15, 0.2) is 5.78 Å². The predicted octanol–water partition coefficient (Wildman–Crippen LogP) is 3.02. The molecule has 0 radical (unpaired) electrons. The van der Waals surface area contributed by atoms with Crippen LogP contribution in [-0.2, 0) is 13.5 Å². The van der Waals surface area contributed by atoms with Crippen molar-refractivity contribution in [3.8, 4) is 11.8 Å². The van der Waals surface area contributed by atoms with E-state index in [1.165, 1.54) is 17.4 Å². The molecule has 2 aliphatic rings. The summed E-state index contributed by atoms with van der Waals surface area (Å²) in [6, 6.07) is 7.60. The van der Waals surface area contributed by atoms with Crippen molar-refractivity contribution in [2.24, 2.45) is 18.4 Å². The molecule has 6 nitrogen and oxygen atoms in total. The number of rotatable bonds is 4. The lowest BCUT2D eigenvalue weighted by Gasteiger charge is -2.29. The van der Waals surface area contributed by atoms with E-state index in [0.717, 1.165) is 17.9 Å². The Morgan fingerprint density at radius 1 is 1.26 bits per heavy atom. The van der Waals surface area contributed by atoms with Crippen LogP contribution in [0.5, 0.6) is 0 Å². The highest BCUT2D eigenvalue weighted by atomic mass is 16.2. The number of ketones is 1. The molecule has 0 spiro atoms. The second-order valence-electron chi connectivity index (χ2n) is 8.58. The van der Waals surface area contributed by atoms with E-state index in [-0.39, 0.29) is 16.9 Å². The van der Waals surface area contributed by atoms with Crippen LogP contribution in [0.25, 0.3) is 5.69 Å². The Kier molecular flexibility index (Phi) is 3.99. The Bertz CT molecular complexity index is 1030. The van der Waals surface area contributed by atoms with E-state index < -0.39 is 0 Å². The summed E-state index contributed by atoms with van der Waals surface area (Å²) in [6.45, 7) is 4.94. The Balaban J connectivity index is 1.83. The Morgan fingerprint density at radius 2 is 2.00 bits per heavy atom. The van der Waals surface area contributed by atoms with Crippen LogP contribution in [0.4, 0.5) is 5.69 Å². The van der Waals surface area contributed by atoms with Crippen molar-refractivity contribution < 1.29 is 4.79 Å². The molecule has 4 rings (SSSR count). The number of nitriles is 1. The van der Waals surface area contributed by atoms with E-state index in [2.05, 4.69) is 25.2 Å². The highest BCUT2D eigenvalue weighted by Crippen LogP contribution is 2.35. The second-order valence-corrected chi connectivity index (χ2v) is 8.58. The van der Waals surface area contributed by atoms with Gasteiger partial charge in [-0.05, 0) is 48.8 Å². The number of carbonyl (C=O) groups excluding carboxylic acids is 1. The topological polar surface area (TPSA) is 79.8 Å². The van der Waals surface area contributed by atoms with Crippen LogP contribution in [0.15, 0.2) is 23.0 Å². The van der Waals surface area contributed by atoms with Gasteiger partial charge in [-0.2, -0.15) is 5.26 Å². The number of imidazole rings is 1. The summed E-state index contributed by atoms with van der Waals surface area (Å²) in [6.07, 6.45) is 3.54. The normalized spacial score (nSPS) is 18.1. The molecule has 1 saturated carbocycles. The summed E-state index contributed by atoms with van der Waals surface area (Å²) in [5.74, 6) is 0.686. The molecule has 1 N–H and O–H groups in total. The minimum Gasteiger partial charge on any atom is -0.384 e. The zero-order valence-corrected chi connectivity index (χ0v) is 16.0. The molecule has 6 heteroatoms. The maximum absolute atomic E-state index is 12.9. The van der Waals surface area contributed by atoms with Crippen molar-refractivity contribution in [2.45, 2.75) is 39.5 Å². The van der Waals surface area contributed by atoms with Gasteiger partial charge in [-0.3, -0.25) is 13.9 Å². The lowest BCUT2D eigenvalue weighted by Crippen LogP contribution is -2.29. The molecule has 2 aliphatic carbocycles. The van der Waals surface area contributed by atoms with Gasteiger partial charge in [-0.15, -0.1) is 0 Å². The van der Waals surface area contributed by atoms with Crippen molar-refractivity contribution in [2.75, 3.05) is 11.9 Å². The van der Waals surface area contributed by atoms with Gasteiger partial charge in [0, 0.05) is 20.0 Å². The van der Waals surface area contributed by atoms with Crippen LogP contribution in [0.3, 0.4) is 0 Å². The summed E-state index contributed by atoms with van der Waals surface area (Å²) in [7, 11) is 1.66. The Morgan fingerprint density at radius 3 is 2.67 bits per heavy atom. The lowest BCUT2D eigenvalue weighted by atomic mass is 9.77. The fourth-order valence-electron chi connectivity index (χ4n) is 3.96. The molecule has 1 fully saturated rings. The SMILES string of the molecule is Cn1c2c(n(-c3ccc(C#N)c(NCC4CC4)c3)c1=O)CC(C)(C)CC2=O. The van der Waals surface area contributed by atoms with Crippen LogP contribution in [0.1, 0.15) is 54.9 Å². The zero-order valence-electron chi connectivity index (χ0n) is 16.0. The molecular formula is C21H24N4O2. The number of benzene rings is 1. The molecule has 2 aromatic rings. The van der Waals surface area contributed by atoms with Crippen LogP contribution in [-0.4, -0.2) is 21.5 Å². The Labute approximate surface area is 158 Å². The Hall–Kier alpha value is -2.81. The van der Waals surface area contributed by atoms with Crippen LogP contribution >= 0.6 is 0 Å². The average Bonchev–Trinajstić information content (AvgIpc) is 3.39. The average molecular weight is 364 g/mol. The molecule has 1 aromatic heterocycles. The molecule has 0 amide bonds. The van der Waals surface area contributed by atoms with Crippen LogP contribution in [0.2, 0.25) is 0 Å². The predicted molar refractivity (Wildman–Crippen MR) is 103 cm³/mol. The first-order chi connectivity index (χ1) is 12.8. The van der Waals surface area contributed by atoms with Crippen LogP contribution < -0.4 is 11.0 Å². The molecule has 1 heterocycles.